The lowest BCUT2D eigenvalue weighted by molar-refractivity contribution is -0.310. The number of rotatable bonds is 5. The van der Waals surface area contributed by atoms with E-state index < -0.39 is 17.9 Å². The Hall–Kier alpha value is -1.58. The van der Waals surface area contributed by atoms with Gasteiger partial charge in [0.15, 0.2) is 0 Å². The van der Waals surface area contributed by atoms with Crippen molar-refractivity contribution >= 4 is 11.9 Å². The van der Waals surface area contributed by atoms with Crippen molar-refractivity contribution in [2.24, 2.45) is 5.92 Å². The monoisotopic (exact) mass is 223 g/mol. The van der Waals surface area contributed by atoms with Crippen molar-refractivity contribution in [1.82, 2.24) is 0 Å². The van der Waals surface area contributed by atoms with Crippen LogP contribution in [0.15, 0.2) is 23.8 Å². The Morgan fingerprint density at radius 3 is 2.88 bits per heavy atom. The molecule has 0 radical (unpaired) electrons. The fourth-order valence-corrected chi connectivity index (χ4v) is 1.63. The van der Waals surface area contributed by atoms with Crippen LogP contribution >= 0.6 is 0 Å². The van der Waals surface area contributed by atoms with E-state index in [1.54, 1.807) is 6.08 Å². The van der Waals surface area contributed by atoms with Crippen molar-refractivity contribution < 1.29 is 19.4 Å². The molecule has 0 aliphatic heterocycles. The highest BCUT2D eigenvalue weighted by Gasteiger charge is 2.18. The summed E-state index contributed by atoms with van der Waals surface area (Å²) in [5, 5.41) is 10.7. The quantitative estimate of drug-likeness (QED) is 0.505. The number of esters is 1. The molecular formula is C12H15O4-. The maximum Gasteiger partial charge on any atom is 0.314 e. The van der Waals surface area contributed by atoms with Gasteiger partial charge in [-0.1, -0.05) is 23.8 Å². The summed E-state index contributed by atoms with van der Waals surface area (Å²) in [5.41, 5.74) is 1.20. The van der Waals surface area contributed by atoms with Crippen molar-refractivity contribution in [3.8, 4) is 0 Å². The molecule has 0 bridgehead atoms. The Kier molecular flexibility index (Phi) is 4.76. The first kappa shape index (κ1) is 12.5. The zero-order valence-electron chi connectivity index (χ0n) is 9.27. The highest BCUT2D eigenvalue weighted by atomic mass is 16.5. The Morgan fingerprint density at radius 1 is 1.62 bits per heavy atom. The number of hydrogen-bond donors (Lipinski definition) is 0. The van der Waals surface area contributed by atoms with Crippen molar-refractivity contribution in [2.75, 3.05) is 7.11 Å². The first-order valence-corrected chi connectivity index (χ1v) is 5.29. The molecule has 1 aliphatic carbocycles. The van der Waals surface area contributed by atoms with Gasteiger partial charge >= 0.3 is 5.97 Å². The molecule has 0 aromatic rings. The van der Waals surface area contributed by atoms with E-state index in [0.717, 1.165) is 19.3 Å². The van der Waals surface area contributed by atoms with Crippen molar-refractivity contribution in [2.45, 2.75) is 25.7 Å². The second kappa shape index (κ2) is 6.10. The Morgan fingerprint density at radius 2 is 2.38 bits per heavy atom. The van der Waals surface area contributed by atoms with E-state index in [4.69, 9.17) is 0 Å². The summed E-state index contributed by atoms with van der Waals surface area (Å²) in [6.45, 7) is 0. The molecule has 1 rings (SSSR count). The molecule has 0 heterocycles. The summed E-state index contributed by atoms with van der Waals surface area (Å²) < 4.78 is 4.39. The van der Waals surface area contributed by atoms with Crippen molar-refractivity contribution in [1.29, 1.82) is 0 Å². The Bertz CT molecular complexity index is 328. The molecule has 4 nitrogen and oxygen atoms in total. The summed E-state index contributed by atoms with van der Waals surface area (Å²) in [7, 11) is 1.17. The third-order valence-electron chi connectivity index (χ3n) is 2.55. The summed E-state index contributed by atoms with van der Waals surface area (Å²) in [6, 6.07) is 0. The van der Waals surface area contributed by atoms with E-state index in [2.05, 4.69) is 10.8 Å². The van der Waals surface area contributed by atoms with Gasteiger partial charge in [0, 0.05) is 0 Å². The van der Waals surface area contributed by atoms with Crippen LogP contribution in [0.25, 0.3) is 0 Å². The number of ether oxygens (including phenoxy) is 1. The lowest BCUT2D eigenvalue weighted by Crippen LogP contribution is -2.36. The van der Waals surface area contributed by atoms with Gasteiger partial charge in [-0.05, 0) is 25.7 Å². The zero-order valence-corrected chi connectivity index (χ0v) is 9.27. The number of methoxy groups -OCH3 is 1. The zero-order chi connectivity index (χ0) is 12.0. The van der Waals surface area contributed by atoms with E-state index in [9.17, 15) is 14.7 Å². The predicted octanol–water partition coefficient (Wildman–Crippen LogP) is 0.582. The van der Waals surface area contributed by atoms with Crippen LogP contribution in [-0.4, -0.2) is 19.0 Å². The molecule has 0 saturated heterocycles. The minimum atomic E-state index is -1.39. The molecule has 4 heteroatoms. The van der Waals surface area contributed by atoms with E-state index in [1.165, 1.54) is 12.7 Å². The second-order valence-electron chi connectivity index (χ2n) is 3.70. The SMILES string of the molecule is COC(=O)C(C/C=C/C1=CCCC1)C(=O)[O-]. The number of carboxylic acids is 1. The van der Waals surface area contributed by atoms with Crippen LogP contribution in [0.2, 0.25) is 0 Å². The van der Waals surface area contributed by atoms with Crippen molar-refractivity contribution in [3.63, 3.8) is 0 Å². The van der Waals surface area contributed by atoms with E-state index >= 15 is 0 Å². The van der Waals surface area contributed by atoms with Gasteiger partial charge < -0.3 is 14.6 Å². The third-order valence-corrected chi connectivity index (χ3v) is 2.55. The number of carbonyl (C=O) groups excluding carboxylic acids is 2. The molecule has 0 aromatic heterocycles. The third kappa shape index (κ3) is 3.53. The summed E-state index contributed by atoms with van der Waals surface area (Å²) in [5.74, 6) is -3.36. The van der Waals surface area contributed by atoms with Crippen LogP contribution in [0.1, 0.15) is 25.7 Å². The van der Waals surface area contributed by atoms with Crippen LogP contribution < -0.4 is 5.11 Å². The normalized spacial score (nSPS) is 17.2. The van der Waals surface area contributed by atoms with Gasteiger partial charge in [-0.2, -0.15) is 0 Å². The number of carbonyl (C=O) groups is 2. The van der Waals surface area contributed by atoms with Gasteiger partial charge in [-0.15, -0.1) is 0 Å². The highest BCUT2D eigenvalue weighted by Crippen LogP contribution is 2.19. The Labute approximate surface area is 94.6 Å². The summed E-state index contributed by atoms with van der Waals surface area (Å²) >= 11 is 0. The van der Waals surface area contributed by atoms with Crippen LogP contribution in [-0.2, 0) is 14.3 Å². The largest absolute Gasteiger partial charge is 0.549 e. The molecule has 0 spiro atoms. The fourth-order valence-electron chi connectivity index (χ4n) is 1.63. The van der Waals surface area contributed by atoms with Crippen LogP contribution in [0, 0.1) is 5.92 Å². The van der Waals surface area contributed by atoms with E-state index in [1.807, 2.05) is 6.08 Å². The predicted molar refractivity (Wildman–Crippen MR) is 56.2 cm³/mol. The maximum atomic E-state index is 11.1. The number of hydrogen-bond acceptors (Lipinski definition) is 4. The summed E-state index contributed by atoms with van der Waals surface area (Å²) in [6.07, 6.45) is 9.02. The molecule has 0 N–H and O–H groups in total. The molecule has 0 aromatic carbocycles. The topological polar surface area (TPSA) is 66.4 Å². The lowest BCUT2D eigenvalue weighted by Gasteiger charge is -2.12. The maximum absolute atomic E-state index is 11.1. The average molecular weight is 223 g/mol. The van der Waals surface area contributed by atoms with Gasteiger partial charge in [0.25, 0.3) is 0 Å². The molecule has 1 unspecified atom stereocenters. The van der Waals surface area contributed by atoms with Gasteiger partial charge in [0.1, 0.15) is 0 Å². The number of aliphatic carboxylic acids is 1. The minimum absolute atomic E-state index is 0.117. The van der Waals surface area contributed by atoms with Gasteiger partial charge in [-0.3, -0.25) is 4.79 Å². The number of allylic oxidation sites excluding steroid dienone is 4. The molecule has 1 atom stereocenters. The Balaban J connectivity index is 2.49. The minimum Gasteiger partial charge on any atom is -0.549 e. The fraction of sp³-hybridized carbons (Fsp3) is 0.500. The first-order chi connectivity index (χ1) is 7.65. The van der Waals surface area contributed by atoms with Crippen LogP contribution in [0.3, 0.4) is 0 Å². The molecule has 0 amide bonds. The van der Waals surface area contributed by atoms with Crippen LogP contribution in [0.5, 0.6) is 0 Å². The highest BCUT2D eigenvalue weighted by molar-refractivity contribution is 5.93. The molecule has 16 heavy (non-hydrogen) atoms. The number of carboxylic acid groups (broad SMARTS) is 1. The summed E-state index contributed by atoms with van der Waals surface area (Å²) in [4.78, 5) is 21.8. The molecule has 0 fully saturated rings. The molecule has 88 valence electrons. The van der Waals surface area contributed by atoms with Crippen molar-refractivity contribution in [3.05, 3.63) is 23.8 Å². The van der Waals surface area contributed by atoms with Crippen LogP contribution in [0.4, 0.5) is 0 Å². The van der Waals surface area contributed by atoms with Gasteiger partial charge in [0.2, 0.25) is 0 Å². The smallest absolute Gasteiger partial charge is 0.314 e. The van der Waals surface area contributed by atoms with E-state index in [-0.39, 0.29) is 6.42 Å². The standard InChI is InChI=1S/C12H16O4/c1-16-12(15)10(11(13)14)8-4-7-9-5-2-3-6-9/h4-5,7,10H,2-3,6,8H2,1H3,(H,13,14)/p-1/b7-4+. The van der Waals surface area contributed by atoms with E-state index in [0.29, 0.717) is 0 Å². The van der Waals surface area contributed by atoms with Gasteiger partial charge in [-0.25, -0.2) is 0 Å². The molecule has 1 aliphatic rings. The van der Waals surface area contributed by atoms with Gasteiger partial charge in [0.05, 0.1) is 19.0 Å². The first-order valence-electron chi connectivity index (χ1n) is 5.29. The lowest BCUT2D eigenvalue weighted by atomic mass is 10.1. The molecule has 0 saturated carbocycles. The molecular weight excluding hydrogens is 208 g/mol. The average Bonchev–Trinajstić information content (AvgIpc) is 2.75. The second-order valence-corrected chi connectivity index (χ2v) is 3.70.